The van der Waals surface area contributed by atoms with Crippen LogP contribution in [0.5, 0.6) is 5.75 Å². The van der Waals surface area contributed by atoms with Gasteiger partial charge >= 0.3 is 0 Å². The van der Waals surface area contributed by atoms with E-state index < -0.39 is 10.8 Å². The smallest absolute Gasteiger partial charge is 0.121 e. The van der Waals surface area contributed by atoms with Crippen LogP contribution in [0.1, 0.15) is 5.56 Å². The summed E-state index contributed by atoms with van der Waals surface area (Å²) in [5, 5.41) is 1.92. The van der Waals surface area contributed by atoms with Gasteiger partial charge in [0, 0.05) is 11.8 Å². The Labute approximate surface area is 107 Å². The number of nitrogens with two attached hydrogens (primary N) is 1. The van der Waals surface area contributed by atoms with Gasteiger partial charge in [-0.15, -0.1) is 11.3 Å². The standard InChI is InChI=1S/C12H13NO2S2/c1-15-11-6-9(5-10(13)7-11)8-17(14)12-3-2-4-16-12/h2-7H,8,13H2,1H3. The number of methoxy groups -OCH3 is 1. The number of hydrogen-bond acceptors (Lipinski definition) is 4. The van der Waals surface area contributed by atoms with Crippen LogP contribution in [0.3, 0.4) is 0 Å². The number of thiophene rings is 1. The second-order valence-corrected chi connectivity index (χ2v) is 6.16. The molecule has 0 fully saturated rings. The van der Waals surface area contributed by atoms with E-state index in [0.717, 1.165) is 9.77 Å². The summed E-state index contributed by atoms with van der Waals surface area (Å²) in [6.45, 7) is 0. The van der Waals surface area contributed by atoms with E-state index in [1.165, 1.54) is 11.3 Å². The van der Waals surface area contributed by atoms with E-state index in [1.54, 1.807) is 13.2 Å². The Morgan fingerprint density at radius 2 is 2.24 bits per heavy atom. The summed E-state index contributed by atoms with van der Waals surface area (Å²) in [4.78, 5) is 0. The first-order valence-electron chi connectivity index (χ1n) is 5.04. The highest BCUT2D eigenvalue weighted by molar-refractivity contribution is 7.86. The zero-order valence-electron chi connectivity index (χ0n) is 9.38. The van der Waals surface area contributed by atoms with Crippen molar-refractivity contribution in [1.29, 1.82) is 0 Å². The first-order valence-corrected chi connectivity index (χ1v) is 7.24. The number of anilines is 1. The first-order chi connectivity index (χ1) is 8.19. The number of hydrogen-bond donors (Lipinski definition) is 1. The van der Waals surface area contributed by atoms with Crippen LogP contribution in [-0.2, 0) is 16.6 Å². The molecule has 90 valence electrons. The summed E-state index contributed by atoms with van der Waals surface area (Å²) in [6, 6.07) is 9.22. The molecule has 2 aromatic rings. The van der Waals surface area contributed by atoms with E-state index in [4.69, 9.17) is 10.5 Å². The van der Waals surface area contributed by atoms with Crippen molar-refractivity contribution in [2.45, 2.75) is 9.96 Å². The fourth-order valence-electron chi connectivity index (χ4n) is 1.50. The molecule has 1 aromatic carbocycles. The number of nitrogen functional groups attached to an aromatic ring is 1. The molecule has 0 aliphatic rings. The fraction of sp³-hybridized carbons (Fsp3) is 0.167. The molecule has 2 N–H and O–H groups in total. The summed E-state index contributed by atoms with van der Waals surface area (Å²) in [7, 11) is 0.578. The zero-order chi connectivity index (χ0) is 12.3. The van der Waals surface area contributed by atoms with E-state index in [-0.39, 0.29) is 0 Å². The van der Waals surface area contributed by atoms with Crippen molar-refractivity contribution in [3.05, 3.63) is 41.3 Å². The Balaban J connectivity index is 2.18. The van der Waals surface area contributed by atoms with E-state index in [2.05, 4.69) is 0 Å². The lowest BCUT2D eigenvalue weighted by molar-refractivity contribution is 0.414. The maximum absolute atomic E-state index is 12.0. The lowest BCUT2D eigenvalue weighted by Crippen LogP contribution is -1.97. The summed E-state index contributed by atoms with van der Waals surface area (Å²) in [6.07, 6.45) is 0. The van der Waals surface area contributed by atoms with Gasteiger partial charge in [-0.1, -0.05) is 6.07 Å². The quantitative estimate of drug-likeness (QED) is 0.866. The van der Waals surface area contributed by atoms with Crippen LogP contribution in [0.4, 0.5) is 5.69 Å². The largest absolute Gasteiger partial charge is 0.497 e. The van der Waals surface area contributed by atoms with Crippen molar-refractivity contribution in [3.63, 3.8) is 0 Å². The Morgan fingerprint density at radius 1 is 1.41 bits per heavy atom. The van der Waals surface area contributed by atoms with Crippen molar-refractivity contribution in [2.24, 2.45) is 0 Å². The topological polar surface area (TPSA) is 52.3 Å². The lowest BCUT2D eigenvalue weighted by atomic mass is 10.2. The molecule has 0 saturated carbocycles. The second-order valence-electron chi connectivity index (χ2n) is 3.54. The summed E-state index contributed by atoms with van der Waals surface area (Å²) >= 11 is 1.50. The SMILES string of the molecule is COc1cc(N)cc(CS(=O)c2cccs2)c1. The molecule has 0 aliphatic carbocycles. The maximum Gasteiger partial charge on any atom is 0.121 e. The van der Waals surface area contributed by atoms with Crippen LogP contribution < -0.4 is 10.5 Å². The highest BCUT2D eigenvalue weighted by atomic mass is 32.2. The molecule has 17 heavy (non-hydrogen) atoms. The Morgan fingerprint density at radius 3 is 2.88 bits per heavy atom. The Kier molecular flexibility index (Phi) is 3.81. The Hall–Kier alpha value is -1.33. The van der Waals surface area contributed by atoms with Gasteiger partial charge in [0.25, 0.3) is 0 Å². The van der Waals surface area contributed by atoms with Crippen LogP contribution in [0.25, 0.3) is 0 Å². The van der Waals surface area contributed by atoms with Gasteiger partial charge in [-0.2, -0.15) is 0 Å². The average Bonchev–Trinajstić information content (AvgIpc) is 2.81. The predicted octanol–water partition coefficient (Wildman–Crippen LogP) is 2.65. The molecule has 0 radical (unpaired) electrons. The minimum Gasteiger partial charge on any atom is -0.497 e. The van der Waals surface area contributed by atoms with E-state index in [0.29, 0.717) is 17.2 Å². The fourth-order valence-corrected chi connectivity index (χ4v) is 3.57. The highest BCUT2D eigenvalue weighted by Gasteiger charge is 2.07. The molecule has 1 aromatic heterocycles. The first kappa shape index (κ1) is 12.1. The second kappa shape index (κ2) is 5.33. The molecule has 0 spiro atoms. The number of benzene rings is 1. The number of ether oxygens (including phenoxy) is 1. The van der Waals surface area contributed by atoms with Gasteiger partial charge < -0.3 is 10.5 Å². The molecule has 1 atom stereocenters. The van der Waals surface area contributed by atoms with Gasteiger partial charge in [-0.25, -0.2) is 0 Å². The molecule has 0 amide bonds. The van der Waals surface area contributed by atoms with Gasteiger partial charge in [0.15, 0.2) is 0 Å². The summed E-state index contributed by atoms with van der Waals surface area (Å²) in [5.41, 5.74) is 7.30. The third-order valence-electron chi connectivity index (χ3n) is 2.24. The number of rotatable bonds is 4. The van der Waals surface area contributed by atoms with Crippen LogP contribution in [0.2, 0.25) is 0 Å². The molecule has 1 heterocycles. The van der Waals surface area contributed by atoms with Gasteiger partial charge in [-0.3, -0.25) is 4.21 Å². The van der Waals surface area contributed by atoms with Gasteiger partial charge in [0.05, 0.1) is 27.9 Å². The van der Waals surface area contributed by atoms with E-state index in [9.17, 15) is 4.21 Å². The van der Waals surface area contributed by atoms with Crippen LogP contribution in [-0.4, -0.2) is 11.3 Å². The summed E-state index contributed by atoms with van der Waals surface area (Å²) in [5.74, 6) is 1.16. The third kappa shape index (κ3) is 3.08. The molecule has 0 bridgehead atoms. The monoisotopic (exact) mass is 267 g/mol. The molecule has 5 heteroatoms. The van der Waals surface area contributed by atoms with E-state index >= 15 is 0 Å². The normalized spacial score (nSPS) is 12.3. The van der Waals surface area contributed by atoms with Gasteiger partial charge in [-0.05, 0) is 29.1 Å². The van der Waals surface area contributed by atoms with Crippen molar-refractivity contribution in [2.75, 3.05) is 12.8 Å². The van der Waals surface area contributed by atoms with Gasteiger partial charge in [0.1, 0.15) is 5.75 Å². The molecule has 0 saturated heterocycles. The molecule has 2 rings (SSSR count). The van der Waals surface area contributed by atoms with Gasteiger partial charge in [0.2, 0.25) is 0 Å². The minimum absolute atomic E-state index is 0.460. The lowest BCUT2D eigenvalue weighted by Gasteiger charge is -2.06. The van der Waals surface area contributed by atoms with Crippen LogP contribution >= 0.6 is 11.3 Å². The highest BCUT2D eigenvalue weighted by Crippen LogP contribution is 2.22. The molecule has 0 aliphatic heterocycles. The van der Waals surface area contributed by atoms with Crippen molar-refractivity contribution in [3.8, 4) is 5.75 Å². The van der Waals surface area contributed by atoms with Crippen LogP contribution in [0.15, 0.2) is 39.9 Å². The van der Waals surface area contributed by atoms with E-state index in [1.807, 2.05) is 29.6 Å². The summed E-state index contributed by atoms with van der Waals surface area (Å²) < 4.78 is 18.0. The molecule has 3 nitrogen and oxygen atoms in total. The molecule has 1 unspecified atom stereocenters. The minimum atomic E-state index is -1.01. The van der Waals surface area contributed by atoms with Crippen molar-refractivity contribution >= 4 is 27.8 Å². The average molecular weight is 267 g/mol. The van der Waals surface area contributed by atoms with Crippen molar-refractivity contribution < 1.29 is 8.95 Å². The molecular weight excluding hydrogens is 254 g/mol. The third-order valence-corrected chi connectivity index (χ3v) is 4.93. The predicted molar refractivity (Wildman–Crippen MR) is 71.8 cm³/mol. The molecular formula is C12H13NO2S2. The zero-order valence-corrected chi connectivity index (χ0v) is 11.0. The maximum atomic E-state index is 12.0. The van der Waals surface area contributed by atoms with Crippen molar-refractivity contribution in [1.82, 2.24) is 0 Å². The Bertz CT molecular complexity index is 523. The van der Waals surface area contributed by atoms with Crippen LogP contribution in [0, 0.1) is 0 Å².